The summed E-state index contributed by atoms with van der Waals surface area (Å²) in [6, 6.07) is 3.45. The van der Waals surface area contributed by atoms with E-state index in [1.807, 2.05) is 0 Å². The number of aromatic nitrogens is 3. The Morgan fingerprint density at radius 3 is 2.52 bits per heavy atom. The molecule has 0 unspecified atom stereocenters. The molecule has 2 heterocycles. The molecule has 0 atom stereocenters. The van der Waals surface area contributed by atoms with Gasteiger partial charge in [0.1, 0.15) is 10.7 Å². The molecule has 6 heteroatoms. The van der Waals surface area contributed by atoms with Crippen molar-refractivity contribution in [3.63, 3.8) is 0 Å². The van der Waals surface area contributed by atoms with Crippen molar-refractivity contribution in [3.05, 3.63) is 32.8 Å². The molecule has 2 aliphatic carbocycles. The highest BCUT2D eigenvalue weighted by atomic mass is 35.5. The van der Waals surface area contributed by atoms with Crippen LogP contribution in [-0.2, 0) is 5.54 Å². The summed E-state index contributed by atoms with van der Waals surface area (Å²) >= 11 is 12.1. The Morgan fingerprint density at radius 1 is 1.14 bits per heavy atom. The van der Waals surface area contributed by atoms with Crippen molar-refractivity contribution in [2.45, 2.75) is 44.1 Å². The Morgan fingerprint density at radius 2 is 1.86 bits per heavy atom. The van der Waals surface area contributed by atoms with E-state index in [4.69, 9.17) is 23.2 Å². The van der Waals surface area contributed by atoms with Crippen LogP contribution < -0.4 is 5.56 Å². The van der Waals surface area contributed by atoms with Crippen LogP contribution >= 0.6 is 23.2 Å². The SMILES string of the molecule is O=c1c(Cl)nc2ccc(Cl)nc2n1C1(C2CCCC2)CC1. The van der Waals surface area contributed by atoms with E-state index in [0.717, 1.165) is 12.8 Å². The zero-order valence-electron chi connectivity index (χ0n) is 11.5. The summed E-state index contributed by atoms with van der Waals surface area (Å²) in [6.45, 7) is 0. The van der Waals surface area contributed by atoms with E-state index in [-0.39, 0.29) is 16.3 Å². The highest BCUT2D eigenvalue weighted by Gasteiger charge is 2.53. The van der Waals surface area contributed by atoms with E-state index in [2.05, 4.69) is 9.97 Å². The summed E-state index contributed by atoms with van der Waals surface area (Å²) in [5, 5.41) is 0.401. The molecule has 2 aromatic rings. The molecule has 0 aliphatic heterocycles. The Kier molecular flexibility index (Phi) is 3.02. The van der Waals surface area contributed by atoms with Gasteiger partial charge in [0.15, 0.2) is 10.8 Å². The molecule has 0 N–H and O–H groups in total. The second-order valence-corrected chi connectivity index (χ2v) is 6.85. The average Bonchev–Trinajstić information content (AvgIpc) is 3.06. The van der Waals surface area contributed by atoms with Gasteiger partial charge < -0.3 is 0 Å². The van der Waals surface area contributed by atoms with Gasteiger partial charge in [-0.25, -0.2) is 9.97 Å². The third kappa shape index (κ3) is 2.00. The third-order valence-electron chi connectivity index (χ3n) is 4.95. The normalized spacial score (nSPS) is 21.0. The molecule has 2 aliphatic rings. The maximum absolute atomic E-state index is 12.6. The largest absolute Gasteiger partial charge is 0.290 e. The van der Waals surface area contributed by atoms with Gasteiger partial charge in [-0.05, 0) is 43.7 Å². The van der Waals surface area contributed by atoms with Crippen molar-refractivity contribution >= 4 is 34.4 Å². The van der Waals surface area contributed by atoms with E-state index >= 15 is 0 Å². The lowest BCUT2D eigenvalue weighted by Crippen LogP contribution is -2.36. The predicted molar refractivity (Wildman–Crippen MR) is 83.0 cm³/mol. The molecule has 0 radical (unpaired) electrons. The lowest BCUT2D eigenvalue weighted by molar-refractivity contribution is 0.308. The number of halogens is 2. The Labute approximate surface area is 132 Å². The van der Waals surface area contributed by atoms with Gasteiger partial charge in [-0.3, -0.25) is 9.36 Å². The monoisotopic (exact) mass is 323 g/mol. The van der Waals surface area contributed by atoms with E-state index in [1.165, 1.54) is 25.7 Å². The van der Waals surface area contributed by atoms with E-state index in [1.54, 1.807) is 16.7 Å². The van der Waals surface area contributed by atoms with Gasteiger partial charge in [0.2, 0.25) is 0 Å². The summed E-state index contributed by atoms with van der Waals surface area (Å²) in [4.78, 5) is 21.1. The van der Waals surface area contributed by atoms with Gasteiger partial charge in [-0.1, -0.05) is 36.0 Å². The van der Waals surface area contributed by atoms with Crippen LogP contribution in [0.5, 0.6) is 0 Å². The van der Waals surface area contributed by atoms with Gasteiger partial charge in [-0.2, -0.15) is 0 Å². The van der Waals surface area contributed by atoms with Crippen LogP contribution in [0.3, 0.4) is 0 Å². The van der Waals surface area contributed by atoms with Crippen molar-refractivity contribution in [1.29, 1.82) is 0 Å². The molecule has 0 aromatic carbocycles. The van der Waals surface area contributed by atoms with E-state index in [9.17, 15) is 4.79 Å². The average molecular weight is 324 g/mol. The molecule has 2 aromatic heterocycles. The van der Waals surface area contributed by atoms with Crippen LogP contribution in [0.4, 0.5) is 0 Å². The van der Waals surface area contributed by atoms with Crippen LogP contribution in [0.1, 0.15) is 38.5 Å². The van der Waals surface area contributed by atoms with Crippen LogP contribution in [0.15, 0.2) is 16.9 Å². The molecular formula is C15H15Cl2N3O. The number of nitrogens with zero attached hydrogens (tertiary/aromatic N) is 3. The first-order valence-corrected chi connectivity index (χ1v) is 8.13. The second kappa shape index (κ2) is 4.68. The Balaban J connectivity index is 2.01. The Hall–Kier alpha value is -1.13. The highest BCUT2D eigenvalue weighted by Crippen LogP contribution is 2.55. The van der Waals surface area contributed by atoms with Gasteiger partial charge >= 0.3 is 0 Å². The number of hydrogen-bond donors (Lipinski definition) is 0. The molecule has 110 valence electrons. The summed E-state index contributed by atoms with van der Waals surface area (Å²) in [5.41, 5.74) is 0.855. The quantitative estimate of drug-likeness (QED) is 0.790. The summed E-state index contributed by atoms with van der Waals surface area (Å²) < 4.78 is 1.79. The summed E-state index contributed by atoms with van der Waals surface area (Å²) in [5.74, 6) is 0.539. The van der Waals surface area contributed by atoms with Crippen LogP contribution in [0.2, 0.25) is 10.3 Å². The van der Waals surface area contributed by atoms with Crippen molar-refractivity contribution < 1.29 is 0 Å². The minimum absolute atomic E-state index is 0.0240. The van der Waals surface area contributed by atoms with Crippen LogP contribution in [0, 0.1) is 5.92 Å². The summed E-state index contributed by atoms with van der Waals surface area (Å²) in [7, 11) is 0. The number of fused-ring (bicyclic) bond motifs is 1. The maximum Gasteiger partial charge on any atom is 0.290 e. The zero-order chi connectivity index (χ0) is 14.6. The molecule has 2 saturated carbocycles. The van der Waals surface area contributed by atoms with Gasteiger partial charge in [-0.15, -0.1) is 0 Å². The first kappa shape index (κ1) is 13.5. The van der Waals surface area contributed by atoms with E-state index < -0.39 is 0 Å². The molecule has 0 saturated heterocycles. The lowest BCUT2D eigenvalue weighted by atomic mass is 9.95. The van der Waals surface area contributed by atoms with Gasteiger partial charge in [0, 0.05) is 0 Å². The maximum atomic E-state index is 12.6. The highest BCUT2D eigenvalue weighted by molar-refractivity contribution is 6.30. The first-order valence-electron chi connectivity index (χ1n) is 7.37. The lowest BCUT2D eigenvalue weighted by Gasteiger charge is -2.26. The van der Waals surface area contributed by atoms with E-state index in [0.29, 0.717) is 22.2 Å². The zero-order valence-corrected chi connectivity index (χ0v) is 13.0. The minimum Gasteiger partial charge on any atom is -0.282 e. The molecule has 21 heavy (non-hydrogen) atoms. The number of rotatable bonds is 2. The third-order valence-corrected chi connectivity index (χ3v) is 5.41. The molecular weight excluding hydrogens is 309 g/mol. The molecule has 0 amide bonds. The van der Waals surface area contributed by atoms with Crippen molar-refractivity contribution in [3.8, 4) is 0 Å². The predicted octanol–water partition coefficient (Wildman–Crippen LogP) is 3.78. The van der Waals surface area contributed by atoms with Gasteiger partial charge in [0.05, 0.1) is 5.54 Å². The fraction of sp³-hybridized carbons (Fsp3) is 0.533. The molecule has 2 fully saturated rings. The Bertz CT molecular complexity index is 776. The fourth-order valence-corrected chi connectivity index (χ4v) is 4.15. The topological polar surface area (TPSA) is 47.8 Å². The fourth-order valence-electron chi connectivity index (χ4n) is 3.83. The van der Waals surface area contributed by atoms with Crippen molar-refractivity contribution in [2.24, 2.45) is 5.92 Å². The second-order valence-electron chi connectivity index (χ2n) is 6.10. The van der Waals surface area contributed by atoms with Crippen molar-refractivity contribution in [2.75, 3.05) is 0 Å². The van der Waals surface area contributed by atoms with Crippen LogP contribution in [0.25, 0.3) is 11.2 Å². The molecule has 4 rings (SSSR count). The minimum atomic E-state index is -0.233. The number of pyridine rings is 1. The van der Waals surface area contributed by atoms with Crippen molar-refractivity contribution in [1.82, 2.24) is 14.5 Å². The van der Waals surface area contributed by atoms with Gasteiger partial charge in [0.25, 0.3) is 5.56 Å². The standard InChI is InChI=1S/C15H15Cl2N3O/c16-11-6-5-10-13(19-11)20(14(21)12(17)18-10)15(7-8-15)9-3-1-2-4-9/h5-6,9H,1-4,7-8H2. The smallest absolute Gasteiger partial charge is 0.282 e. The molecule has 0 bridgehead atoms. The molecule has 4 nitrogen and oxygen atoms in total. The summed E-state index contributed by atoms with van der Waals surface area (Å²) in [6.07, 6.45) is 6.86. The molecule has 0 spiro atoms. The van der Waals surface area contributed by atoms with Crippen LogP contribution in [-0.4, -0.2) is 14.5 Å². The first-order chi connectivity index (χ1) is 10.1. The number of hydrogen-bond acceptors (Lipinski definition) is 3.